The molecule has 0 aliphatic carbocycles. The van der Waals surface area contributed by atoms with Gasteiger partial charge in [0.15, 0.2) is 0 Å². The van der Waals surface area contributed by atoms with Gasteiger partial charge in [0.05, 0.1) is 0 Å². The number of carbonyl (C=O) groups is 1. The molecular formula is C26H29N3O. The molecule has 1 fully saturated rings. The molecule has 4 rings (SSSR count). The molecule has 1 aliphatic rings. The summed E-state index contributed by atoms with van der Waals surface area (Å²) in [5, 5.41) is 6.52. The van der Waals surface area contributed by atoms with Crippen LogP contribution in [0.1, 0.15) is 35.6 Å². The second kappa shape index (κ2) is 9.04. The third-order valence-corrected chi connectivity index (χ3v) is 5.53. The molecule has 0 bridgehead atoms. The Labute approximate surface area is 178 Å². The van der Waals surface area contributed by atoms with Crippen LogP contribution in [-0.2, 0) is 4.79 Å². The smallest absolute Gasteiger partial charge is 0.251 e. The number of anilines is 3. The van der Waals surface area contributed by atoms with Gasteiger partial charge >= 0.3 is 0 Å². The molecule has 154 valence electrons. The molecule has 0 spiro atoms. The monoisotopic (exact) mass is 399 g/mol. The van der Waals surface area contributed by atoms with Gasteiger partial charge in [-0.25, -0.2) is 0 Å². The molecular weight excluding hydrogens is 370 g/mol. The normalized spacial score (nSPS) is 14.4. The molecule has 0 aromatic heterocycles. The average Bonchev–Trinajstić information content (AvgIpc) is 3.27. The fraction of sp³-hybridized carbons (Fsp3) is 0.269. The fourth-order valence-corrected chi connectivity index (χ4v) is 4.12. The summed E-state index contributed by atoms with van der Waals surface area (Å²) in [5.41, 5.74) is 6.20. The quantitative estimate of drug-likeness (QED) is 0.559. The topological polar surface area (TPSA) is 44.4 Å². The third-order valence-electron chi connectivity index (χ3n) is 5.53. The second-order valence-corrected chi connectivity index (χ2v) is 8.09. The molecule has 1 heterocycles. The molecule has 4 heteroatoms. The molecule has 1 atom stereocenters. The highest BCUT2D eigenvalue weighted by Crippen LogP contribution is 2.26. The summed E-state index contributed by atoms with van der Waals surface area (Å²) in [6, 6.07) is 23.9. The highest BCUT2D eigenvalue weighted by atomic mass is 16.2. The molecule has 30 heavy (non-hydrogen) atoms. The summed E-state index contributed by atoms with van der Waals surface area (Å²) < 4.78 is 0. The van der Waals surface area contributed by atoms with Crippen molar-refractivity contribution in [1.82, 2.24) is 0 Å². The Kier molecular flexibility index (Phi) is 6.03. The minimum atomic E-state index is -0.482. The van der Waals surface area contributed by atoms with Crippen LogP contribution < -0.4 is 15.5 Å². The molecule has 1 amide bonds. The van der Waals surface area contributed by atoms with Gasteiger partial charge in [0.2, 0.25) is 0 Å². The summed E-state index contributed by atoms with van der Waals surface area (Å²) in [7, 11) is 0. The van der Waals surface area contributed by atoms with Crippen molar-refractivity contribution in [3.63, 3.8) is 0 Å². The Morgan fingerprint density at radius 3 is 2.10 bits per heavy atom. The number of nitrogens with zero attached hydrogens (tertiary/aromatic N) is 1. The van der Waals surface area contributed by atoms with E-state index in [0.29, 0.717) is 0 Å². The second-order valence-electron chi connectivity index (χ2n) is 8.09. The van der Waals surface area contributed by atoms with Gasteiger partial charge in [-0.05, 0) is 79.8 Å². The van der Waals surface area contributed by atoms with Crippen molar-refractivity contribution in [2.45, 2.75) is 32.7 Å². The van der Waals surface area contributed by atoms with Crippen molar-refractivity contribution in [1.29, 1.82) is 0 Å². The molecule has 3 aromatic rings. The zero-order chi connectivity index (χ0) is 20.9. The summed E-state index contributed by atoms with van der Waals surface area (Å²) in [6.45, 7) is 6.32. The fourth-order valence-electron chi connectivity index (χ4n) is 4.12. The van der Waals surface area contributed by atoms with Gasteiger partial charge in [0, 0.05) is 30.2 Å². The van der Waals surface area contributed by atoms with Crippen LogP contribution in [0.3, 0.4) is 0 Å². The lowest BCUT2D eigenvalue weighted by Crippen LogP contribution is -2.27. The Morgan fingerprint density at radius 1 is 0.833 bits per heavy atom. The van der Waals surface area contributed by atoms with Crippen LogP contribution in [0.2, 0.25) is 0 Å². The number of hydrogen-bond donors (Lipinski definition) is 2. The zero-order valence-corrected chi connectivity index (χ0v) is 17.7. The van der Waals surface area contributed by atoms with Crippen LogP contribution in [0.5, 0.6) is 0 Å². The van der Waals surface area contributed by atoms with Gasteiger partial charge in [-0.15, -0.1) is 0 Å². The maximum absolute atomic E-state index is 13.2. The van der Waals surface area contributed by atoms with Gasteiger partial charge < -0.3 is 15.5 Å². The first kappa shape index (κ1) is 20.0. The van der Waals surface area contributed by atoms with E-state index in [1.165, 1.54) is 18.5 Å². The number of hydrogen-bond acceptors (Lipinski definition) is 3. The van der Waals surface area contributed by atoms with E-state index < -0.39 is 6.04 Å². The molecule has 0 saturated carbocycles. The van der Waals surface area contributed by atoms with Crippen LogP contribution in [0.15, 0.2) is 72.8 Å². The number of amides is 1. The lowest BCUT2D eigenvalue weighted by atomic mass is 10.0. The van der Waals surface area contributed by atoms with E-state index in [2.05, 4.69) is 45.9 Å². The summed E-state index contributed by atoms with van der Waals surface area (Å²) in [6.07, 6.45) is 2.52. The SMILES string of the molecule is Cc1cc(C)cc(NC(=O)[C@@H](Nc2ccc(N3CCCC3)cc2)c2ccccc2)c1. The minimum Gasteiger partial charge on any atom is -0.372 e. The van der Waals surface area contributed by atoms with Crippen LogP contribution >= 0.6 is 0 Å². The highest BCUT2D eigenvalue weighted by molar-refractivity contribution is 5.97. The van der Waals surface area contributed by atoms with Gasteiger partial charge in [-0.1, -0.05) is 36.4 Å². The molecule has 4 nitrogen and oxygen atoms in total. The van der Waals surface area contributed by atoms with E-state index in [-0.39, 0.29) is 5.91 Å². The van der Waals surface area contributed by atoms with Crippen molar-refractivity contribution in [2.75, 3.05) is 28.6 Å². The first-order valence-electron chi connectivity index (χ1n) is 10.6. The molecule has 0 unspecified atom stereocenters. The van der Waals surface area contributed by atoms with Crippen molar-refractivity contribution in [2.24, 2.45) is 0 Å². The Morgan fingerprint density at radius 2 is 1.47 bits per heavy atom. The lowest BCUT2D eigenvalue weighted by molar-refractivity contribution is -0.117. The van der Waals surface area contributed by atoms with Crippen molar-refractivity contribution < 1.29 is 4.79 Å². The Bertz CT molecular complexity index is 972. The molecule has 3 aromatic carbocycles. The molecule has 2 N–H and O–H groups in total. The summed E-state index contributed by atoms with van der Waals surface area (Å²) >= 11 is 0. The van der Waals surface area contributed by atoms with Crippen LogP contribution in [0, 0.1) is 13.8 Å². The third kappa shape index (κ3) is 4.82. The van der Waals surface area contributed by atoms with Gasteiger partial charge in [-0.3, -0.25) is 4.79 Å². The van der Waals surface area contributed by atoms with E-state index in [9.17, 15) is 4.79 Å². The van der Waals surface area contributed by atoms with Gasteiger partial charge in [0.1, 0.15) is 6.04 Å². The van der Waals surface area contributed by atoms with E-state index in [4.69, 9.17) is 0 Å². The first-order chi connectivity index (χ1) is 14.6. The van der Waals surface area contributed by atoms with E-state index >= 15 is 0 Å². The van der Waals surface area contributed by atoms with Crippen LogP contribution in [0.4, 0.5) is 17.1 Å². The molecule has 0 radical (unpaired) electrons. The van der Waals surface area contributed by atoms with E-state index in [1.54, 1.807) is 0 Å². The standard InChI is InChI=1S/C26H29N3O/c1-19-16-20(2)18-23(17-19)28-26(30)25(21-8-4-3-5-9-21)27-22-10-12-24(13-11-22)29-14-6-7-15-29/h3-5,8-13,16-18,25,27H,6-7,14-15H2,1-2H3,(H,28,30)/t25-/m0/s1. The summed E-state index contributed by atoms with van der Waals surface area (Å²) in [5.74, 6) is -0.0742. The van der Waals surface area contributed by atoms with Gasteiger partial charge in [-0.2, -0.15) is 0 Å². The Balaban J connectivity index is 1.54. The van der Waals surface area contributed by atoms with E-state index in [1.807, 2.05) is 56.3 Å². The van der Waals surface area contributed by atoms with E-state index in [0.717, 1.165) is 41.2 Å². The van der Waals surface area contributed by atoms with Crippen molar-refractivity contribution >= 4 is 23.0 Å². The van der Waals surface area contributed by atoms with Crippen molar-refractivity contribution in [3.8, 4) is 0 Å². The number of benzene rings is 3. The number of aryl methyl sites for hydroxylation is 2. The molecule has 1 aliphatic heterocycles. The predicted molar refractivity (Wildman–Crippen MR) is 125 cm³/mol. The van der Waals surface area contributed by atoms with Crippen LogP contribution in [-0.4, -0.2) is 19.0 Å². The maximum atomic E-state index is 13.2. The molecule has 1 saturated heterocycles. The highest BCUT2D eigenvalue weighted by Gasteiger charge is 2.21. The van der Waals surface area contributed by atoms with Crippen molar-refractivity contribution in [3.05, 3.63) is 89.5 Å². The van der Waals surface area contributed by atoms with Gasteiger partial charge in [0.25, 0.3) is 5.91 Å². The summed E-state index contributed by atoms with van der Waals surface area (Å²) in [4.78, 5) is 15.6. The number of nitrogens with one attached hydrogen (secondary N) is 2. The largest absolute Gasteiger partial charge is 0.372 e. The van der Waals surface area contributed by atoms with Crippen LogP contribution in [0.25, 0.3) is 0 Å². The first-order valence-corrected chi connectivity index (χ1v) is 10.6. The maximum Gasteiger partial charge on any atom is 0.251 e. The number of rotatable bonds is 6. The zero-order valence-electron chi connectivity index (χ0n) is 17.7. The average molecular weight is 400 g/mol. The predicted octanol–water partition coefficient (Wildman–Crippen LogP) is 5.70. The lowest BCUT2D eigenvalue weighted by Gasteiger charge is -2.22. The minimum absolute atomic E-state index is 0.0742. The Hall–Kier alpha value is -3.27. The number of carbonyl (C=O) groups excluding carboxylic acids is 1.